The predicted molar refractivity (Wildman–Crippen MR) is 88.5 cm³/mol. The summed E-state index contributed by atoms with van der Waals surface area (Å²) in [6.45, 7) is 3.64. The predicted octanol–water partition coefficient (Wildman–Crippen LogP) is 2.16. The highest BCUT2D eigenvalue weighted by Gasteiger charge is 2.26. The molecule has 1 aromatic rings. The van der Waals surface area contributed by atoms with E-state index >= 15 is 0 Å². The van der Waals surface area contributed by atoms with Crippen molar-refractivity contribution < 1.29 is 17.5 Å². The number of nitrogens with one attached hydrogen (secondary N) is 1. The van der Waals surface area contributed by atoms with Crippen molar-refractivity contribution in [1.82, 2.24) is 9.62 Å². The molecule has 0 aromatic heterocycles. The summed E-state index contributed by atoms with van der Waals surface area (Å²) in [6, 6.07) is 4.57. The third-order valence-electron chi connectivity index (χ3n) is 4.33. The zero-order valence-corrected chi connectivity index (χ0v) is 14.7. The summed E-state index contributed by atoms with van der Waals surface area (Å²) in [5.41, 5.74) is 0.505. The minimum atomic E-state index is -3.14. The first-order valence-corrected chi connectivity index (χ1v) is 9.68. The molecular weight excluding hydrogens is 319 g/mol. The Labute approximate surface area is 137 Å². The van der Waals surface area contributed by atoms with Crippen LogP contribution in [0.15, 0.2) is 18.2 Å². The fourth-order valence-corrected chi connectivity index (χ4v) is 4.00. The van der Waals surface area contributed by atoms with Gasteiger partial charge in [0.2, 0.25) is 10.0 Å². The maximum atomic E-state index is 14.1. The van der Waals surface area contributed by atoms with Crippen LogP contribution in [0, 0.1) is 11.7 Å². The van der Waals surface area contributed by atoms with E-state index in [1.165, 1.54) is 23.7 Å². The number of hydrogen-bond acceptors (Lipinski definition) is 4. The highest BCUT2D eigenvalue weighted by Crippen LogP contribution is 2.28. The fourth-order valence-electron chi connectivity index (χ4n) is 3.06. The summed E-state index contributed by atoms with van der Waals surface area (Å²) < 4.78 is 44.1. The molecule has 1 fully saturated rings. The highest BCUT2D eigenvalue weighted by atomic mass is 32.2. The van der Waals surface area contributed by atoms with Gasteiger partial charge in [0, 0.05) is 24.7 Å². The van der Waals surface area contributed by atoms with Crippen molar-refractivity contribution in [2.24, 2.45) is 5.92 Å². The van der Waals surface area contributed by atoms with Crippen molar-refractivity contribution in [2.75, 3.05) is 33.0 Å². The van der Waals surface area contributed by atoms with E-state index in [0.717, 1.165) is 12.8 Å². The van der Waals surface area contributed by atoms with Gasteiger partial charge in [0.1, 0.15) is 11.6 Å². The highest BCUT2D eigenvalue weighted by molar-refractivity contribution is 7.88. The monoisotopic (exact) mass is 344 g/mol. The third-order valence-corrected chi connectivity index (χ3v) is 5.60. The first-order valence-electron chi connectivity index (χ1n) is 7.83. The standard InChI is InChI=1S/C16H25FN2O3S/c1-12(16-14(17)7-4-8-15(16)22-2)18-10-13-6-5-9-19(11-13)23(3,20)21/h4,7-8,12-13,18H,5-6,9-11H2,1-3H3/t12-,13-/m1/s1. The van der Waals surface area contributed by atoms with Crippen LogP contribution in [-0.2, 0) is 10.0 Å². The van der Waals surface area contributed by atoms with E-state index in [0.29, 0.717) is 30.9 Å². The molecular formula is C16H25FN2O3S. The van der Waals surface area contributed by atoms with Gasteiger partial charge >= 0.3 is 0 Å². The van der Waals surface area contributed by atoms with Crippen LogP contribution in [-0.4, -0.2) is 45.7 Å². The molecule has 0 amide bonds. The lowest BCUT2D eigenvalue weighted by Gasteiger charge is -2.32. The van der Waals surface area contributed by atoms with E-state index in [9.17, 15) is 12.8 Å². The van der Waals surface area contributed by atoms with E-state index in [1.54, 1.807) is 12.1 Å². The van der Waals surface area contributed by atoms with E-state index in [4.69, 9.17) is 4.74 Å². The Morgan fingerprint density at radius 1 is 1.48 bits per heavy atom. The first-order chi connectivity index (χ1) is 10.8. The first kappa shape index (κ1) is 18.2. The van der Waals surface area contributed by atoms with E-state index < -0.39 is 10.0 Å². The lowest BCUT2D eigenvalue weighted by atomic mass is 9.98. The van der Waals surface area contributed by atoms with Crippen LogP contribution in [0.5, 0.6) is 5.75 Å². The van der Waals surface area contributed by atoms with Gasteiger partial charge in [0.25, 0.3) is 0 Å². The number of ether oxygens (including phenoxy) is 1. The topological polar surface area (TPSA) is 58.6 Å². The molecule has 1 aliphatic rings. The summed E-state index contributed by atoms with van der Waals surface area (Å²) in [7, 11) is -1.62. The molecule has 7 heteroatoms. The normalized spacial score (nSPS) is 21.1. The quantitative estimate of drug-likeness (QED) is 0.859. The smallest absolute Gasteiger partial charge is 0.211 e. The minimum absolute atomic E-state index is 0.209. The Hall–Kier alpha value is -1.18. The summed E-state index contributed by atoms with van der Waals surface area (Å²) in [5, 5.41) is 3.31. The molecule has 2 atom stereocenters. The fraction of sp³-hybridized carbons (Fsp3) is 0.625. The zero-order valence-electron chi connectivity index (χ0n) is 13.9. The van der Waals surface area contributed by atoms with Crippen LogP contribution >= 0.6 is 0 Å². The molecule has 0 spiro atoms. The van der Waals surface area contributed by atoms with Crippen molar-refractivity contribution >= 4 is 10.0 Å². The Morgan fingerprint density at radius 2 is 2.22 bits per heavy atom. The molecule has 1 aromatic carbocycles. The molecule has 23 heavy (non-hydrogen) atoms. The molecule has 130 valence electrons. The lowest BCUT2D eigenvalue weighted by molar-refractivity contribution is 0.255. The van der Waals surface area contributed by atoms with Crippen LogP contribution in [0.4, 0.5) is 4.39 Å². The Morgan fingerprint density at radius 3 is 2.87 bits per heavy atom. The van der Waals surface area contributed by atoms with Gasteiger partial charge < -0.3 is 10.1 Å². The number of methoxy groups -OCH3 is 1. The lowest BCUT2D eigenvalue weighted by Crippen LogP contribution is -2.42. The third kappa shape index (κ3) is 4.65. The van der Waals surface area contributed by atoms with E-state index in [-0.39, 0.29) is 17.8 Å². The minimum Gasteiger partial charge on any atom is -0.496 e. The van der Waals surface area contributed by atoms with Crippen molar-refractivity contribution in [3.63, 3.8) is 0 Å². The van der Waals surface area contributed by atoms with Crippen LogP contribution in [0.1, 0.15) is 31.4 Å². The number of sulfonamides is 1. The molecule has 1 aliphatic heterocycles. The number of halogens is 1. The van der Waals surface area contributed by atoms with E-state index in [2.05, 4.69) is 5.32 Å². The largest absolute Gasteiger partial charge is 0.496 e. The molecule has 0 saturated carbocycles. The second-order valence-electron chi connectivity index (χ2n) is 6.11. The van der Waals surface area contributed by atoms with Crippen molar-refractivity contribution in [2.45, 2.75) is 25.8 Å². The maximum Gasteiger partial charge on any atom is 0.211 e. The summed E-state index contributed by atoms with van der Waals surface area (Å²) in [4.78, 5) is 0. The average molecular weight is 344 g/mol. The molecule has 5 nitrogen and oxygen atoms in total. The van der Waals surface area contributed by atoms with Crippen LogP contribution < -0.4 is 10.1 Å². The molecule has 2 rings (SSSR count). The Balaban J connectivity index is 1.98. The summed E-state index contributed by atoms with van der Waals surface area (Å²) in [6.07, 6.45) is 3.08. The van der Waals surface area contributed by atoms with Gasteiger partial charge in [0.05, 0.1) is 13.4 Å². The molecule has 0 unspecified atom stereocenters. The average Bonchev–Trinajstić information content (AvgIpc) is 2.51. The second-order valence-corrected chi connectivity index (χ2v) is 8.10. The molecule has 0 aliphatic carbocycles. The van der Waals surface area contributed by atoms with Crippen molar-refractivity contribution in [3.8, 4) is 5.75 Å². The summed E-state index contributed by atoms with van der Waals surface area (Å²) in [5.74, 6) is 0.454. The molecule has 1 N–H and O–H groups in total. The molecule has 1 saturated heterocycles. The van der Waals surface area contributed by atoms with Gasteiger partial charge in [-0.3, -0.25) is 0 Å². The van der Waals surface area contributed by atoms with Crippen LogP contribution in [0.2, 0.25) is 0 Å². The van der Waals surface area contributed by atoms with Crippen molar-refractivity contribution in [1.29, 1.82) is 0 Å². The molecule has 0 bridgehead atoms. The number of piperidine rings is 1. The zero-order chi connectivity index (χ0) is 17.0. The van der Waals surface area contributed by atoms with Crippen LogP contribution in [0.25, 0.3) is 0 Å². The molecule has 0 radical (unpaired) electrons. The Bertz CT molecular complexity index is 636. The Kier molecular flexibility index (Phi) is 6.00. The number of nitrogens with zero attached hydrogens (tertiary/aromatic N) is 1. The second kappa shape index (κ2) is 7.59. The van der Waals surface area contributed by atoms with Crippen LogP contribution in [0.3, 0.4) is 0 Å². The van der Waals surface area contributed by atoms with Gasteiger partial charge in [-0.25, -0.2) is 17.1 Å². The van der Waals surface area contributed by atoms with Gasteiger partial charge in [-0.05, 0) is 44.4 Å². The molecule has 1 heterocycles. The number of rotatable bonds is 6. The van der Waals surface area contributed by atoms with E-state index in [1.807, 2.05) is 6.92 Å². The SMILES string of the molecule is COc1cccc(F)c1[C@@H](C)NC[C@H]1CCCN(S(C)(=O)=O)C1. The maximum absolute atomic E-state index is 14.1. The summed E-state index contributed by atoms with van der Waals surface area (Å²) >= 11 is 0. The van der Waals surface area contributed by atoms with Gasteiger partial charge in [0.15, 0.2) is 0 Å². The number of benzene rings is 1. The van der Waals surface area contributed by atoms with Gasteiger partial charge in [-0.15, -0.1) is 0 Å². The van der Waals surface area contributed by atoms with Gasteiger partial charge in [-0.1, -0.05) is 6.07 Å². The van der Waals surface area contributed by atoms with Gasteiger partial charge in [-0.2, -0.15) is 0 Å². The van der Waals surface area contributed by atoms with Crippen molar-refractivity contribution in [3.05, 3.63) is 29.6 Å². The number of hydrogen-bond donors (Lipinski definition) is 1.